The van der Waals surface area contributed by atoms with Crippen LogP contribution in [0.25, 0.3) is 10.9 Å². The van der Waals surface area contributed by atoms with Gasteiger partial charge in [-0.2, -0.15) is 11.8 Å². The number of carboxylic acids is 1. The van der Waals surface area contributed by atoms with E-state index in [1.54, 1.807) is 13.1 Å². The highest BCUT2D eigenvalue weighted by molar-refractivity contribution is 7.98. The zero-order chi connectivity index (χ0) is 31.2. The Kier molecular flexibility index (Phi) is 14.1. The summed E-state index contributed by atoms with van der Waals surface area (Å²) >= 11 is 1.49. The number of amides is 3. The van der Waals surface area contributed by atoms with E-state index < -0.39 is 47.9 Å². The van der Waals surface area contributed by atoms with Crippen LogP contribution < -0.4 is 33.2 Å². The van der Waals surface area contributed by atoms with Gasteiger partial charge in [-0.05, 0) is 48.8 Å². The van der Waals surface area contributed by atoms with Gasteiger partial charge in [0.05, 0.1) is 6.04 Å². The number of guanidine groups is 1. The van der Waals surface area contributed by atoms with E-state index in [0.717, 1.165) is 16.5 Å². The van der Waals surface area contributed by atoms with Gasteiger partial charge in [0.25, 0.3) is 0 Å². The number of aromatic nitrogens is 1. The third-order valence-corrected chi connectivity index (χ3v) is 7.70. The number of aliphatic imine (C=N–C) groups is 1. The number of para-hydroxylation sites is 1. The lowest BCUT2D eigenvalue weighted by Gasteiger charge is -2.26. The van der Waals surface area contributed by atoms with Crippen LogP contribution in [0.5, 0.6) is 0 Å². The summed E-state index contributed by atoms with van der Waals surface area (Å²) in [5.41, 5.74) is 18.4. The predicted octanol–water partition coefficient (Wildman–Crippen LogP) is 0.430. The Morgan fingerprint density at radius 1 is 1.02 bits per heavy atom. The van der Waals surface area contributed by atoms with Gasteiger partial charge in [-0.15, -0.1) is 0 Å². The van der Waals surface area contributed by atoms with E-state index in [1.165, 1.54) is 11.8 Å². The molecule has 13 nitrogen and oxygen atoms in total. The van der Waals surface area contributed by atoms with Crippen molar-refractivity contribution in [3.63, 3.8) is 0 Å². The molecule has 3 amide bonds. The summed E-state index contributed by atoms with van der Waals surface area (Å²) in [6.07, 6.45) is 5.33. The monoisotopic (exact) mass is 604 g/mol. The van der Waals surface area contributed by atoms with Crippen molar-refractivity contribution in [3.8, 4) is 0 Å². The summed E-state index contributed by atoms with van der Waals surface area (Å²) < 4.78 is 0. The van der Waals surface area contributed by atoms with Gasteiger partial charge in [-0.25, -0.2) is 4.79 Å². The van der Waals surface area contributed by atoms with E-state index in [1.807, 2.05) is 37.4 Å². The first-order valence-electron chi connectivity index (χ1n) is 14.0. The molecule has 0 spiro atoms. The zero-order valence-corrected chi connectivity index (χ0v) is 25.2. The lowest BCUT2D eigenvalue weighted by Crippen LogP contribution is -2.58. The van der Waals surface area contributed by atoms with Crippen molar-refractivity contribution in [3.05, 3.63) is 36.0 Å². The molecular weight excluding hydrogens is 560 g/mol. The van der Waals surface area contributed by atoms with Crippen LogP contribution >= 0.6 is 11.8 Å². The average Bonchev–Trinajstić information content (AvgIpc) is 3.37. The number of carbonyl (C=O) groups is 4. The van der Waals surface area contributed by atoms with Crippen molar-refractivity contribution < 1.29 is 24.3 Å². The van der Waals surface area contributed by atoms with Gasteiger partial charge in [0.15, 0.2) is 5.96 Å². The molecule has 14 heteroatoms. The number of aromatic amines is 1. The van der Waals surface area contributed by atoms with Crippen LogP contribution in [0.2, 0.25) is 0 Å². The van der Waals surface area contributed by atoms with Gasteiger partial charge in [0.1, 0.15) is 18.1 Å². The summed E-state index contributed by atoms with van der Waals surface area (Å²) in [5, 5.41) is 18.6. The fraction of sp³-hybridized carbons (Fsp3) is 0.536. The third kappa shape index (κ3) is 10.6. The van der Waals surface area contributed by atoms with Gasteiger partial charge in [0, 0.05) is 30.1 Å². The molecule has 0 radical (unpaired) electrons. The summed E-state index contributed by atoms with van der Waals surface area (Å²) in [6.45, 7) is 3.88. The van der Waals surface area contributed by atoms with Gasteiger partial charge in [-0.1, -0.05) is 38.5 Å². The molecule has 0 fully saturated rings. The normalized spacial score (nSPS) is 14.7. The fourth-order valence-corrected chi connectivity index (χ4v) is 4.84. The minimum absolute atomic E-state index is 0.0534. The summed E-state index contributed by atoms with van der Waals surface area (Å²) in [4.78, 5) is 58.8. The lowest BCUT2D eigenvalue weighted by atomic mass is 9.98. The van der Waals surface area contributed by atoms with Crippen LogP contribution in [0.4, 0.5) is 0 Å². The number of fused-ring (bicyclic) bond motifs is 1. The van der Waals surface area contributed by atoms with E-state index in [4.69, 9.17) is 17.2 Å². The van der Waals surface area contributed by atoms with Crippen molar-refractivity contribution in [2.45, 2.75) is 70.1 Å². The predicted molar refractivity (Wildman–Crippen MR) is 166 cm³/mol. The minimum atomic E-state index is -1.15. The van der Waals surface area contributed by atoms with E-state index >= 15 is 0 Å². The quantitative estimate of drug-likeness (QED) is 0.0669. The number of rotatable bonds is 18. The second-order valence-corrected chi connectivity index (χ2v) is 11.2. The fourth-order valence-electron chi connectivity index (χ4n) is 4.37. The highest BCUT2D eigenvalue weighted by atomic mass is 32.2. The van der Waals surface area contributed by atoms with Crippen LogP contribution in [-0.4, -0.2) is 82.5 Å². The zero-order valence-electron chi connectivity index (χ0n) is 24.4. The summed E-state index contributed by atoms with van der Waals surface area (Å²) in [6, 6.07) is 3.48. The number of benzene rings is 1. The molecule has 0 saturated heterocycles. The molecule has 0 aliphatic heterocycles. The number of carboxylic acid groups (broad SMARTS) is 1. The van der Waals surface area contributed by atoms with Crippen molar-refractivity contribution >= 4 is 52.3 Å². The largest absolute Gasteiger partial charge is 0.480 e. The van der Waals surface area contributed by atoms with Crippen molar-refractivity contribution in [2.24, 2.45) is 28.1 Å². The number of hydrogen-bond acceptors (Lipinski definition) is 7. The second kappa shape index (κ2) is 17.2. The SMILES string of the molecule is CCC(C)C(NC(=O)C(CCSC)NC(=O)C(Cc1c[nH]c2ccccc12)NC(=O)C(N)CCCN=C(N)N)C(=O)O. The Morgan fingerprint density at radius 3 is 2.33 bits per heavy atom. The lowest BCUT2D eigenvalue weighted by molar-refractivity contribution is -0.143. The first-order chi connectivity index (χ1) is 20.0. The number of nitrogens with two attached hydrogens (primary N) is 3. The van der Waals surface area contributed by atoms with Crippen LogP contribution in [0, 0.1) is 5.92 Å². The Bertz CT molecular complexity index is 1230. The number of nitrogens with one attached hydrogen (secondary N) is 4. The number of aliphatic carboxylic acids is 1. The molecule has 5 atom stereocenters. The van der Waals surface area contributed by atoms with Gasteiger partial charge in [0.2, 0.25) is 17.7 Å². The molecular formula is C28H44N8O5S. The number of nitrogens with zero attached hydrogens (tertiary/aromatic N) is 1. The maximum absolute atomic E-state index is 13.7. The number of H-pyrrole nitrogens is 1. The molecule has 42 heavy (non-hydrogen) atoms. The molecule has 0 aliphatic rings. The van der Waals surface area contributed by atoms with Gasteiger partial charge < -0.3 is 43.2 Å². The number of hydrogen-bond donors (Lipinski definition) is 8. The molecule has 0 bridgehead atoms. The van der Waals surface area contributed by atoms with Gasteiger partial charge in [-0.3, -0.25) is 19.4 Å². The van der Waals surface area contributed by atoms with Crippen molar-refractivity contribution in [1.29, 1.82) is 0 Å². The van der Waals surface area contributed by atoms with E-state index in [9.17, 15) is 24.3 Å². The molecule has 0 saturated carbocycles. The summed E-state index contributed by atoms with van der Waals surface area (Å²) in [5.74, 6) is -2.69. The van der Waals surface area contributed by atoms with E-state index in [0.29, 0.717) is 25.1 Å². The number of thioether (sulfide) groups is 1. The van der Waals surface area contributed by atoms with Crippen LogP contribution in [-0.2, 0) is 25.6 Å². The van der Waals surface area contributed by atoms with Crippen molar-refractivity contribution in [2.75, 3.05) is 18.6 Å². The molecule has 1 aromatic carbocycles. The smallest absolute Gasteiger partial charge is 0.326 e. The Balaban J connectivity index is 2.26. The molecule has 2 rings (SSSR count). The topological polar surface area (TPSA) is 231 Å². The van der Waals surface area contributed by atoms with Gasteiger partial charge >= 0.3 is 5.97 Å². The summed E-state index contributed by atoms with van der Waals surface area (Å²) in [7, 11) is 0. The maximum atomic E-state index is 13.7. The average molecular weight is 605 g/mol. The molecule has 11 N–H and O–H groups in total. The molecule has 0 aliphatic carbocycles. The second-order valence-electron chi connectivity index (χ2n) is 10.2. The Labute approximate surface area is 250 Å². The van der Waals surface area contributed by atoms with Crippen LogP contribution in [0.3, 0.4) is 0 Å². The molecule has 2 aromatic rings. The van der Waals surface area contributed by atoms with Crippen LogP contribution in [0.15, 0.2) is 35.5 Å². The maximum Gasteiger partial charge on any atom is 0.326 e. The minimum Gasteiger partial charge on any atom is -0.480 e. The molecule has 232 valence electrons. The van der Waals surface area contributed by atoms with E-state index in [-0.39, 0.29) is 31.1 Å². The van der Waals surface area contributed by atoms with Crippen molar-refractivity contribution in [1.82, 2.24) is 20.9 Å². The van der Waals surface area contributed by atoms with E-state index in [2.05, 4.69) is 25.9 Å². The molecule has 1 aromatic heterocycles. The molecule has 5 unspecified atom stereocenters. The van der Waals surface area contributed by atoms with Crippen LogP contribution in [0.1, 0.15) is 45.1 Å². The first kappa shape index (κ1) is 34.4. The Hall–Kier alpha value is -3.78. The highest BCUT2D eigenvalue weighted by Gasteiger charge is 2.32. The third-order valence-electron chi connectivity index (χ3n) is 7.06. The number of carbonyl (C=O) groups excluding carboxylic acids is 3. The Morgan fingerprint density at radius 2 is 1.69 bits per heavy atom. The molecule has 1 heterocycles. The first-order valence-corrected chi connectivity index (χ1v) is 15.4. The highest BCUT2D eigenvalue weighted by Crippen LogP contribution is 2.19. The standard InChI is InChI=1S/C28H44N8O5S/c1-4-16(2)23(27(40)41)36-25(38)21(11-13-42-3)34-26(39)22(14-17-15-33-20-10-6-5-8-18(17)20)35-24(37)19(29)9-7-12-32-28(30)31/h5-6,8,10,15-16,19,21-23,33H,4,7,9,11-14,29H2,1-3H3,(H,34,39)(H,35,37)(H,36,38)(H,40,41)(H4,30,31,32).